The Kier molecular flexibility index (Phi) is 5.91. The van der Waals surface area contributed by atoms with E-state index in [4.69, 9.17) is 12.2 Å². The molecule has 22 heavy (non-hydrogen) atoms. The van der Waals surface area contributed by atoms with Crippen LogP contribution in [0.2, 0.25) is 0 Å². The molecule has 0 aliphatic carbocycles. The number of methoxy groups -OCH3 is 1. The van der Waals surface area contributed by atoms with Crippen molar-refractivity contribution in [3.05, 3.63) is 53.0 Å². The highest BCUT2D eigenvalue weighted by molar-refractivity contribution is 8.26. The Balaban J connectivity index is 2.00. The van der Waals surface area contributed by atoms with E-state index in [-0.39, 0.29) is 24.8 Å². The lowest BCUT2D eigenvalue weighted by molar-refractivity contribution is -0.140. The molecule has 0 aromatic heterocycles. The number of thioether (sulfide) groups is 1. The highest BCUT2D eigenvalue weighted by Crippen LogP contribution is 2.31. The van der Waals surface area contributed by atoms with E-state index >= 15 is 0 Å². The van der Waals surface area contributed by atoms with Gasteiger partial charge in [0.25, 0.3) is 5.91 Å². The molecule has 1 aliphatic rings. The Morgan fingerprint density at radius 3 is 2.77 bits per heavy atom. The lowest BCUT2D eigenvalue weighted by Crippen LogP contribution is -2.30. The van der Waals surface area contributed by atoms with Gasteiger partial charge in [-0.25, -0.2) is 0 Å². The van der Waals surface area contributed by atoms with Gasteiger partial charge in [-0.15, -0.1) is 0 Å². The molecule has 4 nitrogen and oxygen atoms in total. The average Bonchev–Trinajstić information content (AvgIpc) is 2.80. The molecule has 6 heteroatoms. The van der Waals surface area contributed by atoms with Crippen molar-refractivity contribution in [2.75, 3.05) is 13.7 Å². The van der Waals surface area contributed by atoms with Crippen LogP contribution < -0.4 is 0 Å². The van der Waals surface area contributed by atoms with E-state index in [1.165, 1.54) is 23.8 Å². The number of benzene rings is 1. The average molecular weight is 333 g/mol. The molecule has 0 atom stereocenters. The van der Waals surface area contributed by atoms with E-state index in [1.807, 2.05) is 42.5 Å². The number of amides is 1. The molecule has 1 aromatic carbocycles. The molecule has 114 valence electrons. The second kappa shape index (κ2) is 7.91. The Hall–Kier alpha value is -1.92. The molecule has 0 spiro atoms. The van der Waals surface area contributed by atoms with Crippen molar-refractivity contribution in [2.24, 2.45) is 0 Å². The first-order valence-electron chi connectivity index (χ1n) is 6.65. The topological polar surface area (TPSA) is 46.6 Å². The third-order valence-electron chi connectivity index (χ3n) is 2.98. The number of esters is 1. The molecule has 0 bridgehead atoms. The Bertz CT molecular complexity index is 638. The normalized spacial score (nSPS) is 16.8. The van der Waals surface area contributed by atoms with Gasteiger partial charge in [0.1, 0.15) is 4.32 Å². The summed E-state index contributed by atoms with van der Waals surface area (Å²) in [6.07, 6.45) is 5.61. The number of carbonyl (C=O) groups excluding carboxylic acids is 2. The monoisotopic (exact) mass is 333 g/mol. The van der Waals surface area contributed by atoms with Crippen LogP contribution in [0.3, 0.4) is 0 Å². The van der Waals surface area contributed by atoms with Crippen LogP contribution in [0.25, 0.3) is 6.08 Å². The molecule has 1 saturated heterocycles. The van der Waals surface area contributed by atoms with Gasteiger partial charge in [-0.2, -0.15) is 0 Å². The summed E-state index contributed by atoms with van der Waals surface area (Å²) < 4.78 is 5.03. The maximum Gasteiger partial charge on any atom is 0.307 e. The van der Waals surface area contributed by atoms with Crippen molar-refractivity contribution in [1.29, 1.82) is 0 Å². The first-order valence-corrected chi connectivity index (χ1v) is 7.88. The third kappa shape index (κ3) is 4.29. The smallest absolute Gasteiger partial charge is 0.307 e. The Morgan fingerprint density at radius 1 is 1.36 bits per heavy atom. The van der Waals surface area contributed by atoms with E-state index in [2.05, 4.69) is 4.74 Å². The molecular weight excluding hydrogens is 318 g/mol. The van der Waals surface area contributed by atoms with Crippen molar-refractivity contribution < 1.29 is 14.3 Å². The van der Waals surface area contributed by atoms with Crippen LogP contribution in [0.1, 0.15) is 12.0 Å². The fourth-order valence-electron chi connectivity index (χ4n) is 1.82. The molecule has 1 heterocycles. The standard InChI is InChI=1S/C16H15NO3S2/c1-20-14(18)10-11-17-15(19)13(22-16(17)21)9-5-8-12-6-3-2-4-7-12/h2-9H,10-11H2,1H3/b8-5+,13-9+. The maximum absolute atomic E-state index is 12.2. The molecule has 1 aliphatic heterocycles. The van der Waals surface area contributed by atoms with E-state index in [9.17, 15) is 9.59 Å². The summed E-state index contributed by atoms with van der Waals surface area (Å²) >= 11 is 6.42. The van der Waals surface area contributed by atoms with E-state index in [1.54, 1.807) is 6.08 Å². The quantitative estimate of drug-likeness (QED) is 0.471. The summed E-state index contributed by atoms with van der Waals surface area (Å²) in [7, 11) is 1.32. The zero-order chi connectivity index (χ0) is 15.9. The summed E-state index contributed by atoms with van der Waals surface area (Å²) in [6.45, 7) is 0.247. The first kappa shape index (κ1) is 16.5. The molecule has 1 aromatic rings. The maximum atomic E-state index is 12.2. The number of ether oxygens (including phenoxy) is 1. The summed E-state index contributed by atoms with van der Waals surface area (Å²) in [4.78, 5) is 25.4. The number of carbonyl (C=O) groups is 2. The number of thiocarbonyl (C=S) groups is 1. The number of rotatable bonds is 5. The van der Waals surface area contributed by atoms with Gasteiger partial charge in [0.05, 0.1) is 18.4 Å². The second-order valence-corrected chi connectivity index (χ2v) is 6.13. The van der Waals surface area contributed by atoms with Crippen LogP contribution in [0.5, 0.6) is 0 Å². The number of nitrogens with zero attached hydrogens (tertiary/aromatic N) is 1. The minimum absolute atomic E-state index is 0.135. The van der Waals surface area contributed by atoms with Gasteiger partial charge in [0, 0.05) is 6.54 Å². The van der Waals surface area contributed by atoms with Gasteiger partial charge in [0.15, 0.2) is 0 Å². The predicted molar refractivity (Wildman–Crippen MR) is 92.1 cm³/mol. The number of hydrogen-bond donors (Lipinski definition) is 0. The SMILES string of the molecule is COC(=O)CCN1C(=O)/C(=C\C=C\c2ccccc2)SC1=S. The van der Waals surface area contributed by atoms with Gasteiger partial charge < -0.3 is 4.74 Å². The summed E-state index contributed by atoms with van der Waals surface area (Å²) in [5.74, 6) is -0.529. The molecule has 0 N–H and O–H groups in total. The van der Waals surface area contributed by atoms with Crippen molar-refractivity contribution >= 4 is 46.3 Å². The Morgan fingerprint density at radius 2 is 2.09 bits per heavy atom. The van der Waals surface area contributed by atoms with Gasteiger partial charge in [-0.05, 0) is 11.6 Å². The van der Waals surface area contributed by atoms with Gasteiger partial charge in [-0.1, -0.05) is 66.5 Å². The van der Waals surface area contributed by atoms with Crippen molar-refractivity contribution in [2.45, 2.75) is 6.42 Å². The molecule has 2 rings (SSSR count). The van der Waals surface area contributed by atoms with E-state index in [0.717, 1.165) is 5.56 Å². The lowest BCUT2D eigenvalue weighted by atomic mass is 10.2. The molecule has 0 saturated carbocycles. The largest absolute Gasteiger partial charge is 0.469 e. The number of allylic oxidation sites excluding steroid dienone is 2. The van der Waals surface area contributed by atoms with Crippen LogP contribution in [0, 0.1) is 0 Å². The van der Waals surface area contributed by atoms with E-state index < -0.39 is 0 Å². The zero-order valence-corrected chi connectivity index (χ0v) is 13.7. The summed E-state index contributed by atoms with van der Waals surface area (Å²) in [5, 5.41) is 0. The summed E-state index contributed by atoms with van der Waals surface area (Å²) in [5.41, 5.74) is 1.06. The summed E-state index contributed by atoms with van der Waals surface area (Å²) in [6, 6.07) is 9.81. The fraction of sp³-hybridized carbons (Fsp3) is 0.188. The minimum Gasteiger partial charge on any atom is -0.469 e. The highest BCUT2D eigenvalue weighted by atomic mass is 32.2. The second-order valence-electron chi connectivity index (χ2n) is 4.45. The van der Waals surface area contributed by atoms with Gasteiger partial charge in [0.2, 0.25) is 0 Å². The van der Waals surface area contributed by atoms with Crippen molar-refractivity contribution in [1.82, 2.24) is 4.90 Å². The zero-order valence-electron chi connectivity index (χ0n) is 12.0. The van der Waals surface area contributed by atoms with Crippen LogP contribution in [0.4, 0.5) is 0 Å². The molecule has 1 amide bonds. The molecule has 0 unspecified atom stereocenters. The van der Waals surface area contributed by atoms with E-state index in [0.29, 0.717) is 9.23 Å². The fourth-order valence-corrected chi connectivity index (χ4v) is 3.08. The third-order valence-corrected chi connectivity index (χ3v) is 4.37. The first-order chi connectivity index (χ1) is 10.6. The predicted octanol–water partition coefficient (Wildman–Crippen LogP) is 3.01. The molecule has 1 fully saturated rings. The van der Waals surface area contributed by atoms with Crippen LogP contribution >= 0.6 is 24.0 Å². The van der Waals surface area contributed by atoms with Gasteiger partial charge in [-0.3, -0.25) is 14.5 Å². The van der Waals surface area contributed by atoms with Crippen LogP contribution in [-0.2, 0) is 14.3 Å². The number of hydrogen-bond acceptors (Lipinski definition) is 5. The van der Waals surface area contributed by atoms with Crippen LogP contribution in [0.15, 0.2) is 47.4 Å². The molecule has 0 radical (unpaired) electrons. The molecular formula is C16H15NO3S2. The Labute approximate surface area is 138 Å². The van der Waals surface area contributed by atoms with Gasteiger partial charge >= 0.3 is 5.97 Å². The minimum atomic E-state index is -0.359. The van der Waals surface area contributed by atoms with Crippen LogP contribution in [-0.4, -0.2) is 34.8 Å². The van der Waals surface area contributed by atoms with Crippen molar-refractivity contribution in [3.8, 4) is 0 Å². The highest BCUT2D eigenvalue weighted by Gasteiger charge is 2.31. The lowest BCUT2D eigenvalue weighted by Gasteiger charge is -2.12. The van der Waals surface area contributed by atoms with Crippen molar-refractivity contribution in [3.63, 3.8) is 0 Å².